The highest BCUT2D eigenvalue weighted by Crippen LogP contribution is 2.02. The molecule has 0 bridgehead atoms. The van der Waals surface area contributed by atoms with Crippen LogP contribution in [0.2, 0.25) is 0 Å². The van der Waals surface area contributed by atoms with Crippen molar-refractivity contribution < 1.29 is 14.0 Å². The molecule has 98 valence electrons. The van der Waals surface area contributed by atoms with Crippen LogP contribution in [-0.4, -0.2) is 31.2 Å². The quantitative estimate of drug-likeness (QED) is 0.529. The summed E-state index contributed by atoms with van der Waals surface area (Å²) in [5.74, 6) is 0.836. The van der Waals surface area contributed by atoms with Gasteiger partial charge in [0, 0.05) is 38.8 Å². The van der Waals surface area contributed by atoms with Crippen LogP contribution in [0.1, 0.15) is 31.7 Å². The molecule has 0 radical (unpaired) electrons. The first-order valence-corrected chi connectivity index (χ1v) is 6.12. The van der Waals surface area contributed by atoms with Crippen LogP contribution in [0.4, 0.5) is 0 Å². The molecular weight excluding hydrogens is 220 g/mol. The van der Waals surface area contributed by atoms with Gasteiger partial charge in [-0.05, 0) is 20.8 Å². The smallest absolute Gasteiger partial charge is 0.158 e. The molecular formula is C12H22N2O3. The average Bonchev–Trinajstić information content (AvgIpc) is 2.71. The summed E-state index contributed by atoms with van der Waals surface area (Å²) in [6, 6.07) is 1.93. The third kappa shape index (κ3) is 5.81. The molecule has 0 spiro atoms. The Balaban J connectivity index is 2.13. The minimum Gasteiger partial charge on any atom is -0.361 e. The van der Waals surface area contributed by atoms with Crippen LogP contribution in [0.25, 0.3) is 0 Å². The predicted molar refractivity (Wildman–Crippen MR) is 64.6 cm³/mol. The molecule has 0 atom stereocenters. The zero-order chi connectivity index (χ0) is 12.5. The van der Waals surface area contributed by atoms with E-state index < -0.39 is 0 Å². The number of hydrogen-bond donors (Lipinski definition) is 1. The third-order valence-corrected chi connectivity index (χ3v) is 2.24. The minimum absolute atomic E-state index is 0.114. The van der Waals surface area contributed by atoms with Crippen molar-refractivity contribution in [2.45, 2.75) is 40.0 Å². The Morgan fingerprint density at radius 3 is 2.59 bits per heavy atom. The van der Waals surface area contributed by atoms with E-state index >= 15 is 0 Å². The summed E-state index contributed by atoms with van der Waals surface area (Å²) < 4.78 is 15.9. The molecule has 1 aromatic rings. The number of nitrogens with zero attached hydrogens (tertiary/aromatic N) is 1. The van der Waals surface area contributed by atoms with Crippen LogP contribution < -0.4 is 5.32 Å². The Kier molecular flexibility index (Phi) is 6.84. The summed E-state index contributed by atoms with van der Waals surface area (Å²) in [7, 11) is 0. The standard InChI is InChI=1S/C12H22N2O3/c1-4-15-12(16-5-2)6-7-13-9-11-8-10(3)17-14-11/h8,12-13H,4-7,9H2,1-3H3. The Morgan fingerprint density at radius 2 is 2.06 bits per heavy atom. The van der Waals surface area contributed by atoms with Crippen molar-refractivity contribution in [3.05, 3.63) is 17.5 Å². The second-order valence-electron chi connectivity index (χ2n) is 3.73. The molecule has 1 N–H and O–H groups in total. The molecule has 0 aliphatic heterocycles. The van der Waals surface area contributed by atoms with Crippen LogP contribution in [0, 0.1) is 6.92 Å². The number of hydrogen-bond acceptors (Lipinski definition) is 5. The van der Waals surface area contributed by atoms with Gasteiger partial charge in [0.25, 0.3) is 0 Å². The zero-order valence-corrected chi connectivity index (χ0v) is 10.9. The van der Waals surface area contributed by atoms with E-state index in [0.29, 0.717) is 19.8 Å². The Morgan fingerprint density at radius 1 is 1.35 bits per heavy atom. The van der Waals surface area contributed by atoms with Crippen molar-refractivity contribution in [1.82, 2.24) is 10.5 Å². The highest BCUT2D eigenvalue weighted by Gasteiger charge is 2.07. The van der Waals surface area contributed by atoms with Gasteiger partial charge in [0.05, 0.1) is 5.69 Å². The molecule has 0 amide bonds. The zero-order valence-electron chi connectivity index (χ0n) is 10.9. The van der Waals surface area contributed by atoms with Gasteiger partial charge in [-0.1, -0.05) is 5.16 Å². The van der Waals surface area contributed by atoms with Gasteiger partial charge in [-0.3, -0.25) is 0 Å². The maximum Gasteiger partial charge on any atom is 0.158 e. The molecule has 0 fully saturated rings. The van der Waals surface area contributed by atoms with Crippen LogP contribution >= 0.6 is 0 Å². The van der Waals surface area contributed by atoms with E-state index in [9.17, 15) is 0 Å². The van der Waals surface area contributed by atoms with E-state index in [2.05, 4.69) is 10.5 Å². The maximum atomic E-state index is 5.44. The van der Waals surface area contributed by atoms with Crippen LogP contribution in [-0.2, 0) is 16.0 Å². The van der Waals surface area contributed by atoms with E-state index in [1.165, 1.54) is 0 Å². The van der Waals surface area contributed by atoms with Crippen molar-refractivity contribution in [3.8, 4) is 0 Å². The van der Waals surface area contributed by atoms with E-state index in [0.717, 1.165) is 24.4 Å². The molecule has 17 heavy (non-hydrogen) atoms. The molecule has 0 aromatic carbocycles. The van der Waals surface area contributed by atoms with Gasteiger partial charge in [0.2, 0.25) is 0 Å². The molecule has 0 saturated carbocycles. The first-order chi connectivity index (χ1) is 8.26. The largest absolute Gasteiger partial charge is 0.361 e. The van der Waals surface area contributed by atoms with Gasteiger partial charge in [-0.15, -0.1) is 0 Å². The van der Waals surface area contributed by atoms with E-state index in [1.807, 2.05) is 26.8 Å². The van der Waals surface area contributed by atoms with Crippen LogP contribution in [0.3, 0.4) is 0 Å². The summed E-state index contributed by atoms with van der Waals surface area (Å²) in [6.07, 6.45) is 0.718. The number of nitrogens with one attached hydrogen (secondary N) is 1. The Hall–Kier alpha value is -0.910. The first-order valence-electron chi connectivity index (χ1n) is 6.12. The average molecular weight is 242 g/mol. The summed E-state index contributed by atoms with van der Waals surface area (Å²) in [5.41, 5.74) is 0.923. The first kappa shape index (κ1) is 14.2. The molecule has 0 unspecified atom stereocenters. The van der Waals surface area contributed by atoms with Gasteiger partial charge < -0.3 is 19.3 Å². The monoisotopic (exact) mass is 242 g/mol. The fourth-order valence-corrected chi connectivity index (χ4v) is 1.52. The lowest BCUT2D eigenvalue weighted by molar-refractivity contribution is -0.138. The van der Waals surface area contributed by atoms with Gasteiger partial charge in [0.1, 0.15) is 5.76 Å². The van der Waals surface area contributed by atoms with Crippen molar-refractivity contribution in [3.63, 3.8) is 0 Å². The van der Waals surface area contributed by atoms with E-state index in [4.69, 9.17) is 14.0 Å². The Labute approximate surface area is 102 Å². The molecule has 0 saturated heterocycles. The fraction of sp³-hybridized carbons (Fsp3) is 0.750. The summed E-state index contributed by atoms with van der Waals surface area (Å²) >= 11 is 0. The number of ether oxygens (including phenoxy) is 2. The van der Waals surface area contributed by atoms with Crippen LogP contribution in [0.15, 0.2) is 10.6 Å². The maximum absolute atomic E-state index is 5.44. The van der Waals surface area contributed by atoms with Gasteiger partial charge in [0.15, 0.2) is 6.29 Å². The normalized spacial score (nSPS) is 11.3. The molecule has 0 aliphatic carbocycles. The number of rotatable bonds is 9. The van der Waals surface area contributed by atoms with Crippen molar-refractivity contribution in [2.75, 3.05) is 19.8 Å². The topological polar surface area (TPSA) is 56.5 Å². The lowest BCUT2D eigenvalue weighted by atomic mass is 10.3. The van der Waals surface area contributed by atoms with Crippen molar-refractivity contribution in [2.24, 2.45) is 0 Å². The molecule has 1 aromatic heterocycles. The fourth-order valence-electron chi connectivity index (χ4n) is 1.52. The van der Waals surface area contributed by atoms with Crippen molar-refractivity contribution in [1.29, 1.82) is 0 Å². The van der Waals surface area contributed by atoms with Gasteiger partial charge >= 0.3 is 0 Å². The van der Waals surface area contributed by atoms with Gasteiger partial charge in [-0.25, -0.2) is 0 Å². The Bertz CT molecular complexity index is 296. The summed E-state index contributed by atoms with van der Waals surface area (Å²) in [4.78, 5) is 0. The highest BCUT2D eigenvalue weighted by atomic mass is 16.7. The van der Waals surface area contributed by atoms with E-state index in [1.54, 1.807) is 0 Å². The number of aryl methyl sites for hydroxylation is 1. The number of aromatic nitrogens is 1. The predicted octanol–water partition coefficient (Wildman–Crippen LogP) is 1.86. The second kappa shape index (κ2) is 8.22. The summed E-state index contributed by atoms with van der Waals surface area (Å²) in [5, 5.41) is 7.18. The summed E-state index contributed by atoms with van der Waals surface area (Å²) in [6.45, 7) is 8.71. The lowest BCUT2D eigenvalue weighted by Gasteiger charge is -2.16. The molecule has 1 heterocycles. The van der Waals surface area contributed by atoms with Crippen LogP contribution in [0.5, 0.6) is 0 Å². The van der Waals surface area contributed by atoms with E-state index in [-0.39, 0.29) is 6.29 Å². The highest BCUT2D eigenvalue weighted by molar-refractivity contribution is 5.02. The lowest BCUT2D eigenvalue weighted by Crippen LogP contribution is -2.24. The molecule has 5 heteroatoms. The second-order valence-corrected chi connectivity index (χ2v) is 3.73. The third-order valence-electron chi connectivity index (χ3n) is 2.24. The van der Waals surface area contributed by atoms with Gasteiger partial charge in [-0.2, -0.15) is 0 Å². The minimum atomic E-state index is -0.114. The molecule has 0 aliphatic rings. The van der Waals surface area contributed by atoms with Crippen molar-refractivity contribution >= 4 is 0 Å². The molecule has 1 rings (SSSR count). The molecule has 5 nitrogen and oxygen atoms in total. The SMILES string of the molecule is CCOC(CCNCc1cc(C)on1)OCC.